The van der Waals surface area contributed by atoms with Crippen LogP contribution in [0, 0.1) is 5.92 Å². The van der Waals surface area contributed by atoms with Crippen molar-refractivity contribution in [1.82, 2.24) is 15.1 Å². The lowest BCUT2D eigenvalue weighted by Crippen LogP contribution is -2.28. The lowest BCUT2D eigenvalue weighted by Gasteiger charge is -2.16. The molecule has 2 aromatic rings. The van der Waals surface area contributed by atoms with Crippen molar-refractivity contribution < 1.29 is 4.79 Å². The van der Waals surface area contributed by atoms with Gasteiger partial charge in [-0.25, -0.2) is 0 Å². The molecule has 1 amide bonds. The largest absolute Gasteiger partial charge is 0.342 e. The highest BCUT2D eigenvalue weighted by Crippen LogP contribution is 2.22. The Morgan fingerprint density at radius 3 is 2.87 bits per heavy atom. The number of carbonyl (C=O) groups excluding carboxylic acids is 1. The normalized spacial score (nSPS) is 17.6. The van der Waals surface area contributed by atoms with Gasteiger partial charge in [-0.3, -0.25) is 9.89 Å². The molecule has 122 valence electrons. The maximum atomic E-state index is 12.3. The first-order valence-corrected chi connectivity index (χ1v) is 8.58. The fourth-order valence-corrected chi connectivity index (χ4v) is 3.32. The van der Waals surface area contributed by atoms with E-state index in [1.54, 1.807) is 0 Å². The first-order chi connectivity index (χ1) is 11.2. The van der Waals surface area contributed by atoms with E-state index in [1.165, 1.54) is 11.1 Å². The Balaban J connectivity index is 1.41. The number of carbonyl (C=O) groups is 1. The molecule has 1 unspecified atom stereocenters. The van der Waals surface area contributed by atoms with E-state index in [4.69, 9.17) is 11.6 Å². The molecule has 0 spiro atoms. The number of rotatable bonds is 6. The Morgan fingerprint density at radius 1 is 1.30 bits per heavy atom. The summed E-state index contributed by atoms with van der Waals surface area (Å²) < 4.78 is 0. The molecule has 1 aromatic heterocycles. The van der Waals surface area contributed by atoms with Gasteiger partial charge in [0.15, 0.2) is 0 Å². The van der Waals surface area contributed by atoms with Gasteiger partial charge in [0, 0.05) is 30.7 Å². The van der Waals surface area contributed by atoms with Crippen LogP contribution in [0.4, 0.5) is 0 Å². The Hall–Kier alpha value is -1.81. The van der Waals surface area contributed by atoms with Gasteiger partial charge in [0.05, 0.1) is 6.20 Å². The molecule has 4 nitrogen and oxygen atoms in total. The molecule has 3 rings (SSSR count). The second kappa shape index (κ2) is 7.64. The van der Waals surface area contributed by atoms with Crippen molar-refractivity contribution >= 4 is 17.5 Å². The van der Waals surface area contributed by atoms with Crippen molar-refractivity contribution in [2.45, 2.75) is 32.1 Å². The molecule has 23 heavy (non-hydrogen) atoms. The highest BCUT2D eigenvalue weighted by atomic mass is 35.5. The minimum absolute atomic E-state index is 0.284. The summed E-state index contributed by atoms with van der Waals surface area (Å²) in [5.41, 5.74) is 2.47. The Bertz CT molecular complexity index is 624. The summed E-state index contributed by atoms with van der Waals surface area (Å²) in [6.45, 7) is 1.77. The van der Waals surface area contributed by atoms with E-state index < -0.39 is 0 Å². The fraction of sp³-hybridized carbons (Fsp3) is 0.444. The molecule has 5 heteroatoms. The standard InChI is InChI=1S/C18H22ClN3O/c19-17-6-4-14(5-7-17)10-15-8-9-22(13-15)18(23)3-1-2-16-11-20-21-12-16/h4-7,11-12,15H,1-3,8-10,13H2,(H,20,21). The fourth-order valence-electron chi connectivity index (χ4n) is 3.20. The maximum absolute atomic E-state index is 12.3. The van der Waals surface area contributed by atoms with Crippen molar-refractivity contribution in [2.24, 2.45) is 5.92 Å². The molecule has 0 radical (unpaired) electrons. The number of benzene rings is 1. The predicted octanol–water partition coefficient (Wildman–Crippen LogP) is 3.48. The second-order valence-electron chi connectivity index (χ2n) is 6.29. The molecule has 1 aliphatic rings. The van der Waals surface area contributed by atoms with E-state index >= 15 is 0 Å². The van der Waals surface area contributed by atoms with E-state index in [1.807, 2.05) is 29.4 Å². The second-order valence-corrected chi connectivity index (χ2v) is 6.72. The molecule has 0 saturated carbocycles. The van der Waals surface area contributed by atoms with E-state index in [0.717, 1.165) is 43.8 Å². The van der Waals surface area contributed by atoms with Crippen molar-refractivity contribution in [3.05, 3.63) is 52.8 Å². The summed E-state index contributed by atoms with van der Waals surface area (Å²) in [6, 6.07) is 8.03. The lowest BCUT2D eigenvalue weighted by atomic mass is 9.99. The summed E-state index contributed by atoms with van der Waals surface area (Å²) in [6.07, 6.45) is 8.25. The number of aromatic nitrogens is 2. The predicted molar refractivity (Wildman–Crippen MR) is 91.4 cm³/mol. The minimum atomic E-state index is 0.284. The first-order valence-electron chi connectivity index (χ1n) is 8.20. The number of halogens is 1. The SMILES string of the molecule is O=C(CCCc1cn[nH]c1)N1CCC(Cc2ccc(Cl)cc2)C1. The molecular weight excluding hydrogens is 310 g/mol. The number of nitrogens with zero attached hydrogens (tertiary/aromatic N) is 2. The Morgan fingerprint density at radius 2 is 2.13 bits per heavy atom. The summed E-state index contributed by atoms with van der Waals surface area (Å²) in [5.74, 6) is 0.848. The third kappa shape index (κ3) is 4.58. The third-order valence-electron chi connectivity index (χ3n) is 4.49. The van der Waals surface area contributed by atoms with Gasteiger partial charge in [-0.1, -0.05) is 23.7 Å². The van der Waals surface area contributed by atoms with Crippen molar-refractivity contribution in [3.63, 3.8) is 0 Å². The van der Waals surface area contributed by atoms with Gasteiger partial charge >= 0.3 is 0 Å². The zero-order valence-electron chi connectivity index (χ0n) is 13.2. The van der Waals surface area contributed by atoms with E-state index in [-0.39, 0.29) is 5.91 Å². The zero-order valence-corrected chi connectivity index (χ0v) is 13.9. The molecule has 0 bridgehead atoms. The van der Waals surface area contributed by atoms with E-state index in [2.05, 4.69) is 22.3 Å². The van der Waals surface area contributed by atoms with Gasteiger partial charge in [0.25, 0.3) is 0 Å². The van der Waals surface area contributed by atoms with Crippen molar-refractivity contribution in [3.8, 4) is 0 Å². The molecular formula is C18H22ClN3O. The van der Waals surface area contributed by atoms with E-state index in [9.17, 15) is 4.79 Å². The Labute approximate surface area is 141 Å². The molecule has 1 saturated heterocycles. The average Bonchev–Trinajstić information content (AvgIpc) is 3.21. The maximum Gasteiger partial charge on any atom is 0.222 e. The number of H-pyrrole nitrogens is 1. The van der Waals surface area contributed by atoms with Crippen LogP contribution in [-0.4, -0.2) is 34.1 Å². The number of nitrogens with one attached hydrogen (secondary N) is 1. The number of amides is 1. The summed E-state index contributed by atoms with van der Waals surface area (Å²) >= 11 is 5.92. The van der Waals surface area contributed by atoms with Crippen LogP contribution < -0.4 is 0 Å². The number of aromatic amines is 1. The van der Waals surface area contributed by atoms with Gasteiger partial charge in [-0.2, -0.15) is 5.10 Å². The summed E-state index contributed by atoms with van der Waals surface area (Å²) in [7, 11) is 0. The van der Waals surface area contributed by atoms with Crippen LogP contribution in [0.5, 0.6) is 0 Å². The van der Waals surface area contributed by atoms with Crippen LogP contribution in [0.3, 0.4) is 0 Å². The highest BCUT2D eigenvalue weighted by molar-refractivity contribution is 6.30. The number of hydrogen-bond donors (Lipinski definition) is 1. The number of aryl methyl sites for hydroxylation is 1. The van der Waals surface area contributed by atoms with Gasteiger partial charge in [0.2, 0.25) is 5.91 Å². The monoisotopic (exact) mass is 331 g/mol. The molecule has 1 aromatic carbocycles. The van der Waals surface area contributed by atoms with Crippen LogP contribution in [0.1, 0.15) is 30.4 Å². The van der Waals surface area contributed by atoms with Crippen LogP contribution in [0.25, 0.3) is 0 Å². The quantitative estimate of drug-likeness (QED) is 0.881. The molecule has 1 N–H and O–H groups in total. The summed E-state index contributed by atoms with van der Waals surface area (Å²) in [5, 5.41) is 7.50. The third-order valence-corrected chi connectivity index (χ3v) is 4.74. The molecule has 1 atom stereocenters. The van der Waals surface area contributed by atoms with Gasteiger partial charge in [-0.05, 0) is 54.9 Å². The smallest absolute Gasteiger partial charge is 0.222 e. The highest BCUT2D eigenvalue weighted by Gasteiger charge is 2.25. The molecule has 1 aliphatic heterocycles. The van der Waals surface area contributed by atoms with Crippen LogP contribution in [-0.2, 0) is 17.6 Å². The Kier molecular flexibility index (Phi) is 5.34. The number of hydrogen-bond acceptors (Lipinski definition) is 2. The number of likely N-dealkylation sites (tertiary alicyclic amines) is 1. The van der Waals surface area contributed by atoms with Crippen molar-refractivity contribution in [2.75, 3.05) is 13.1 Å². The minimum Gasteiger partial charge on any atom is -0.342 e. The van der Waals surface area contributed by atoms with Gasteiger partial charge in [-0.15, -0.1) is 0 Å². The zero-order chi connectivity index (χ0) is 16.1. The molecule has 1 fully saturated rings. The first kappa shape index (κ1) is 16.1. The molecule has 2 heterocycles. The molecule has 0 aliphatic carbocycles. The lowest BCUT2D eigenvalue weighted by molar-refractivity contribution is -0.130. The van der Waals surface area contributed by atoms with Crippen molar-refractivity contribution in [1.29, 1.82) is 0 Å². The topological polar surface area (TPSA) is 49.0 Å². The average molecular weight is 332 g/mol. The van der Waals surface area contributed by atoms with E-state index in [0.29, 0.717) is 12.3 Å². The van der Waals surface area contributed by atoms with Gasteiger partial charge in [0.1, 0.15) is 0 Å². The van der Waals surface area contributed by atoms with Gasteiger partial charge < -0.3 is 4.90 Å². The summed E-state index contributed by atoms with van der Waals surface area (Å²) in [4.78, 5) is 14.3. The van der Waals surface area contributed by atoms with Crippen LogP contribution >= 0.6 is 11.6 Å². The van der Waals surface area contributed by atoms with Crippen LogP contribution in [0.2, 0.25) is 5.02 Å². The van der Waals surface area contributed by atoms with Crippen LogP contribution in [0.15, 0.2) is 36.7 Å².